The topological polar surface area (TPSA) is 75.4 Å². The maximum Gasteiger partial charge on any atom is 0.353 e. The molecule has 1 unspecified atom stereocenters. The summed E-state index contributed by atoms with van der Waals surface area (Å²) < 4.78 is 0. The van der Waals surface area contributed by atoms with Crippen LogP contribution in [0.4, 0.5) is 17.3 Å². The summed E-state index contributed by atoms with van der Waals surface area (Å²) in [6, 6.07) is 10.6. The molecule has 0 spiro atoms. The van der Waals surface area contributed by atoms with E-state index in [1.165, 1.54) is 11.9 Å². The molecular weight excluding hydrogens is 366 g/mol. The molecular formula is C22H29N5O2. The van der Waals surface area contributed by atoms with Crippen LogP contribution in [0.5, 0.6) is 0 Å². The minimum atomic E-state index is -0.292. The zero-order chi connectivity index (χ0) is 20.2. The van der Waals surface area contributed by atoms with E-state index in [-0.39, 0.29) is 10.6 Å². The Morgan fingerprint density at radius 3 is 2.38 bits per heavy atom. The van der Waals surface area contributed by atoms with Crippen LogP contribution in [0.15, 0.2) is 36.7 Å². The predicted molar refractivity (Wildman–Crippen MR) is 114 cm³/mol. The highest BCUT2D eigenvalue weighted by atomic mass is 16.6. The molecule has 7 heteroatoms. The number of anilines is 2. The van der Waals surface area contributed by atoms with Crippen LogP contribution in [0.1, 0.15) is 38.2 Å². The second-order valence-corrected chi connectivity index (χ2v) is 8.44. The van der Waals surface area contributed by atoms with Gasteiger partial charge in [0.25, 0.3) is 0 Å². The van der Waals surface area contributed by atoms with Crippen LogP contribution >= 0.6 is 0 Å². The summed E-state index contributed by atoms with van der Waals surface area (Å²) in [5.74, 6) is 2.10. The lowest BCUT2D eigenvalue weighted by atomic mass is 9.90. The van der Waals surface area contributed by atoms with Crippen molar-refractivity contribution in [2.75, 3.05) is 36.0 Å². The fraction of sp³-hybridized carbons (Fsp3) is 0.545. The van der Waals surface area contributed by atoms with E-state index in [0.717, 1.165) is 58.3 Å². The standard InChI is InChI=1S/C22H29N5O2/c1-17-6-5-11-26(15-17)22-20(27(28)29)21(23-16-24-22)25-12-9-19(10-13-25)14-18-7-3-2-4-8-18/h2-4,7-8,16-17,19H,5-6,9-15H2,1H3. The Kier molecular flexibility index (Phi) is 5.92. The smallest absolute Gasteiger partial charge is 0.351 e. The van der Waals surface area contributed by atoms with Crippen LogP contribution in [-0.2, 0) is 6.42 Å². The summed E-state index contributed by atoms with van der Waals surface area (Å²) in [5, 5.41) is 12.0. The van der Waals surface area contributed by atoms with Crippen molar-refractivity contribution in [1.82, 2.24) is 9.97 Å². The van der Waals surface area contributed by atoms with Crippen molar-refractivity contribution in [1.29, 1.82) is 0 Å². The van der Waals surface area contributed by atoms with Crippen molar-refractivity contribution in [3.63, 3.8) is 0 Å². The van der Waals surface area contributed by atoms with Gasteiger partial charge < -0.3 is 9.80 Å². The molecule has 0 saturated carbocycles. The number of nitro groups is 1. The highest BCUT2D eigenvalue weighted by Gasteiger charge is 2.33. The molecule has 2 aromatic rings. The molecule has 2 aliphatic heterocycles. The van der Waals surface area contributed by atoms with Gasteiger partial charge in [0.2, 0.25) is 11.6 Å². The highest BCUT2D eigenvalue weighted by molar-refractivity contribution is 5.71. The number of hydrogen-bond acceptors (Lipinski definition) is 6. The van der Waals surface area contributed by atoms with E-state index in [4.69, 9.17) is 0 Å². The molecule has 3 heterocycles. The largest absolute Gasteiger partial charge is 0.353 e. The molecule has 0 amide bonds. The minimum absolute atomic E-state index is 0.0723. The summed E-state index contributed by atoms with van der Waals surface area (Å²) in [6.07, 6.45) is 6.81. The van der Waals surface area contributed by atoms with Crippen molar-refractivity contribution in [3.05, 3.63) is 52.3 Å². The van der Waals surface area contributed by atoms with E-state index >= 15 is 0 Å². The maximum atomic E-state index is 12.0. The van der Waals surface area contributed by atoms with Gasteiger partial charge in [-0.1, -0.05) is 37.3 Å². The number of piperidine rings is 2. The van der Waals surface area contributed by atoms with Crippen LogP contribution in [0.2, 0.25) is 0 Å². The number of rotatable bonds is 5. The third-order valence-corrected chi connectivity index (χ3v) is 6.20. The van der Waals surface area contributed by atoms with Crippen LogP contribution in [-0.4, -0.2) is 41.1 Å². The van der Waals surface area contributed by atoms with Gasteiger partial charge >= 0.3 is 5.69 Å². The van der Waals surface area contributed by atoms with Gasteiger partial charge in [-0.3, -0.25) is 10.1 Å². The summed E-state index contributed by atoms with van der Waals surface area (Å²) in [7, 11) is 0. The van der Waals surface area contributed by atoms with Crippen molar-refractivity contribution < 1.29 is 4.92 Å². The van der Waals surface area contributed by atoms with Gasteiger partial charge in [0.1, 0.15) is 6.33 Å². The third kappa shape index (κ3) is 4.49. The molecule has 4 rings (SSSR count). The van der Waals surface area contributed by atoms with E-state index in [1.54, 1.807) is 0 Å². The Hall–Kier alpha value is -2.70. The number of aromatic nitrogens is 2. The van der Waals surface area contributed by atoms with E-state index in [2.05, 4.69) is 51.0 Å². The fourth-order valence-corrected chi connectivity index (χ4v) is 4.66. The van der Waals surface area contributed by atoms with Crippen LogP contribution in [0.25, 0.3) is 0 Å². The predicted octanol–water partition coefficient (Wildman–Crippen LogP) is 4.08. The molecule has 0 bridgehead atoms. The Morgan fingerprint density at radius 2 is 1.72 bits per heavy atom. The van der Waals surface area contributed by atoms with Crippen LogP contribution < -0.4 is 9.80 Å². The number of benzene rings is 1. The maximum absolute atomic E-state index is 12.0. The van der Waals surface area contributed by atoms with Gasteiger partial charge in [-0.15, -0.1) is 0 Å². The average molecular weight is 396 g/mol. The minimum Gasteiger partial charge on any atom is -0.351 e. The molecule has 1 aromatic heterocycles. The molecule has 2 fully saturated rings. The lowest BCUT2D eigenvalue weighted by Gasteiger charge is -2.34. The number of hydrogen-bond donors (Lipinski definition) is 0. The summed E-state index contributed by atoms with van der Waals surface area (Å²) in [6.45, 7) is 5.42. The third-order valence-electron chi connectivity index (χ3n) is 6.20. The first-order valence-corrected chi connectivity index (χ1v) is 10.6. The first-order valence-electron chi connectivity index (χ1n) is 10.6. The van der Waals surface area contributed by atoms with Crippen molar-refractivity contribution in [2.45, 2.75) is 39.0 Å². The number of nitrogens with zero attached hydrogens (tertiary/aromatic N) is 5. The van der Waals surface area contributed by atoms with Crippen LogP contribution in [0, 0.1) is 22.0 Å². The van der Waals surface area contributed by atoms with Gasteiger partial charge in [0.15, 0.2) is 0 Å². The molecule has 0 radical (unpaired) electrons. The van der Waals surface area contributed by atoms with E-state index in [0.29, 0.717) is 23.5 Å². The zero-order valence-corrected chi connectivity index (χ0v) is 17.0. The van der Waals surface area contributed by atoms with E-state index < -0.39 is 0 Å². The molecule has 1 atom stereocenters. The Bertz CT molecular complexity index is 836. The first-order chi connectivity index (χ1) is 14.1. The van der Waals surface area contributed by atoms with Gasteiger partial charge in [-0.2, -0.15) is 0 Å². The molecule has 7 nitrogen and oxygen atoms in total. The van der Waals surface area contributed by atoms with Crippen molar-refractivity contribution in [3.8, 4) is 0 Å². The fourth-order valence-electron chi connectivity index (χ4n) is 4.66. The molecule has 2 saturated heterocycles. The van der Waals surface area contributed by atoms with Crippen molar-refractivity contribution >= 4 is 17.3 Å². The van der Waals surface area contributed by atoms with Gasteiger partial charge in [-0.25, -0.2) is 9.97 Å². The lowest BCUT2D eigenvalue weighted by Crippen LogP contribution is -2.37. The Morgan fingerprint density at radius 1 is 1.03 bits per heavy atom. The van der Waals surface area contributed by atoms with Crippen molar-refractivity contribution in [2.24, 2.45) is 11.8 Å². The van der Waals surface area contributed by atoms with E-state index in [9.17, 15) is 10.1 Å². The molecule has 2 aliphatic rings. The summed E-state index contributed by atoms with van der Waals surface area (Å²) >= 11 is 0. The summed E-state index contributed by atoms with van der Waals surface area (Å²) in [5.41, 5.74) is 1.43. The second kappa shape index (κ2) is 8.76. The zero-order valence-electron chi connectivity index (χ0n) is 17.0. The lowest BCUT2D eigenvalue weighted by molar-refractivity contribution is -0.383. The molecule has 29 heavy (non-hydrogen) atoms. The molecule has 154 valence electrons. The molecule has 1 aromatic carbocycles. The normalized spacial score (nSPS) is 20.7. The van der Waals surface area contributed by atoms with Gasteiger partial charge in [0, 0.05) is 26.2 Å². The first kappa shape index (κ1) is 19.6. The quantitative estimate of drug-likeness (QED) is 0.561. The average Bonchev–Trinajstić information content (AvgIpc) is 2.74. The monoisotopic (exact) mass is 395 g/mol. The molecule has 0 N–H and O–H groups in total. The van der Waals surface area contributed by atoms with Crippen LogP contribution in [0.3, 0.4) is 0 Å². The highest BCUT2D eigenvalue weighted by Crippen LogP contribution is 2.37. The van der Waals surface area contributed by atoms with Gasteiger partial charge in [-0.05, 0) is 49.5 Å². The molecule has 0 aliphatic carbocycles. The Labute approximate surface area is 171 Å². The second-order valence-electron chi connectivity index (χ2n) is 8.44. The Balaban J connectivity index is 1.50. The SMILES string of the molecule is CC1CCCN(c2ncnc(N3CCC(Cc4ccccc4)CC3)c2[N+](=O)[O-])C1. The summed E-state index contributed by atoms with van der Waals surface area (Å²) in [4.78, 5) is 24.5. The van der Waals surface area contributed by atoms with Gasteiger partial charge in [0.05, 0.1) is 4.92 Å². The van der Waals surface area contributed by atoms with E-state index in [1.807, 2.05) is 6.07 Å².